The smallest absolute Gasteiger partial charge is 0.264 e. The van der Waals surface area contributed by atoms with Crippen LogP contribution in [0.15, 0.2) is 53.0 Å². The molecule has 248 valence electrons. The Bertz CT molecular complexity index is 1790. The second-order valence-electron chi connectivity index (χ2n) is 14.3. The topological polar surface area (TPSA) is 87.8 Å². The van der Waals surface area contributed by atoms with E-state index in [0.717, 1.165) is 71.8 Å². The lowest BCUT2D eigenvalue weighted by Crippen LogP contribution is -2.47. The molecule has 1 amide bonds. The van der Waals surface area contributed by atoms with E-state index in [2.05, 4.69) is 36.1 Å². The zero-order valence-corrected chi connectivity index (χ0v) is 29.4. The van der Waals surface area contributed by atoms with E-state index in [4.69, 9.17) is 9.47 Å². The van der Waals surface area contributed by atoms with E-state index in [1.165, 1.54) is 16.7 Å². The van der Waals surface area contributed by atoms with Crippen LogP contribution in [-0.4, -0.2) is 54.1 Å². The molecule has 2 aliphatic heterocycles. The Hall–Kier alpha value is -4.35. The molecular weight excluding hydrogens is 588 g/mol. The van der Waals surface area contributed by atoms with Gasteiger partial charge in [0.05, 0.1) is 25.8 Å². The highest BCUT2D eigenvalue weighted by atomic mass is 16.5. The summed E-state index contributed by atoms with van der Waals surface area (Å²) >= 11 is 0. The summed E-state index contributed by atoms with van der Waals surface area (Å²) in [5.41, 5.74) is 8.53. The van der Waals surface area contributed by atoms with E-state index in [1.807, 2.05) is 57.8 Å². The first-order chi connectivity index (χ1) is 22.3. The van der Waals surface area contributed by atoms with Gasteiger partial charge in [0.2, 0.25) is 0 Å². The summed E-state index contributed by atoms with van der Waals surface area (Å²) in [6.07, 6.45) is 5.45. The summed E-state index contributed by atoms with van der Waals surface area (Å²) in [6.45, 7) is 15.2. The molecule has 0 N–H and O–H groups in total. The van der Waals surface area contributed by atoms with E-state index < -0.39 is 0 Å². The minimum absolute atomic E-state index is 0.00922. The van der Waals surface area contributed by atoms with Gasteiger partial charge in [-0.15, -0.1) is 0 Å². The molecular formula is C39H48N4O4. The molecule has 1 unspecified atom stereocenters. The van der Waals surface area contributed by atoms with Crippen molar-refractivity contribution in [3.05, 3.63) is 91.9 Å². The number of fused-ring (bicyclic) bond motifs is 1. The number of methoxy groups -OCH3 is 2. The van der Waals surface area contributed by atoms with Gasteiger partial charge in [0.15, 0.2) is 0 Å². The first-order valence-electron chi connectivity index (χ1n) is 16.4. The number of hydrogen-bond donors (Lipinski definition) is 0. The fourth-order valence-corrected chi connectivity index (χ4v) is 7.17. The predicted molar refractivity (Wildman–Crippen MR) is 186 cm³/mol. The standard InChI is InChI=1S/C39H48N4O4/c1-24-25(2)37(44)41(7)22-33(24)29-16-35(46-8)34(36(17-29)47-9)23-42-20-27(21-42)15-28-11-10-12-31-26(3)43(14-13-32(28)31)38(45)30(19-40)18-39(4,5)6/h10-12,16-18,22,26-27H,13-15,20-21,23H2,1-9H3/b30-18+. The SMILES string of the molecule is COc1cc(-c2cn(C)c(=O)c(C)c2C)cc(OC)c1CN1CC(Cc2cccc3c2CCN(C(=O)/C(C#N)=C/C(C)(C)C)C3C)C1. The number of amides is 1. The number of carbonyl (C=O) groups excluding carboxylic acids is 1. The molecule has 8 nitrogen and oxygen atoms in total. The Labute approximate surface area is 279 Å². The van der Waals surface area contributed by atoms with Crippen molar-refractivity contribution in [3.8, 4) is 28.7 Å². The molecule has 3 heterocycles. The van der Waals surface area contributed by atoms with Crippen LogP contribution in [0.1, 0.15) is 67.1 Å². The van der Waals surface area contributed by atoms with Crippen molar-refractivity contribution in [2.75, 3.05) is 33.9 Å². The second-order valence-corrected chi connectivity index (χ2v) is 14.3. The molecule has 1 fully saturated rings. The van der Waals surface area contributed by atoms with Crippen molar-refractivity contribution < 1.29 is 14.3 Å². The highest BCUT2D eigenvalue weighted by molar-refractivity contribution is 5.97. The molecule has 1 saturated heterocycles. The van der Waals surface area contributed by atoms with Crippen LogP contribution in [0.2, 0.25) is 0 Å². The van der Waals surface area contributed by atoms with Gasteiger partial charge >= 0.3 is 0 Å². The monoisotopic (exact) mass is 636 g/mol. The van der Waals surface area contributed by atoms with E-state index in [0.29, 0.717) is 12.5 Å². The van der Waals surface area contributed by atoms with Crippen LogP contribution in [0.25, 0.3) is 11.1 Å². The van der Waals surface area contributed by atoms with Crippen molar-refractivity contribution in [3.63, 3.8) is 0 Å². The summed E-state index contributed by atoms with van der Waals surface area (Å²) in [5.74, 6) is 1.90. The maximum Gasteiger partial charge on any atom is 0.264 e. The molecule has 0 saturated carbocycles. The van der Waals surface area contributed by atoms with Crippen molar-refractivity contribution in [2.24, 2.45) is 18.4 Å². The number of aryl methyl sites for hydroxylation is 1. The first kappa shape index (κ1) is 34.0. The molecule has 47 heavy (non-hydrogen) atoms. The zero-order chi connectivity index (χ0) is 34.2. The highest BCUT2D eigenvalue weighted by Gasteiger charge is 2.33. The van der Waals surface area contributed by atoms with Crippen LogP contribution in [-0.2, 0) is 31.2 Å². The van der Waals surface area contributed by atoms with Gasteiger partial charge < -0.3 is 18.9 Å². The molecule has 5 rings (SSSR count). The zero-order valence-electron chi connectivity index (χ0n) is 29.4. The average Bonchev–Trinajstić information content (AvgIpc) is 3.02. The third-order valence-electron chi connectivity index (χ3n) is 9.79. The van der Waals surface area contributed by atoms with Crippen LogP contribution in [0.3, 0.4) is 0 Å². The molecule has 0 spiro atoms. The van der Waals surface area contributed by atoms with Gasteiger partial charge in [0.25, 0.3) is 11.5 Å². The number of pyridine rings is 1. The minimum Gasteiger partial charge on any atom is -0.496 e. The maximum absolute atomic E-state index is 13.4. The number of ether oxygens (including phenoxy) is 2. The molecule has 8 heteroatoms. The number of allylic oxidation sites excluding steroid dienone is 1. The lowest BCUT2D eigenvalue weighted by molar-refractivity contribution is -0.129. The quantitative estimate of drug-likeness (QED) is 0.213. The van der Waals surface area contributed by atoms with Crippen LogP contribution in [0, 0.1) is 36.5 Å². The molecule has 2 aliphatic rings. The fraction of sp³-hybridized carbons (Fsp3) is 0.462. The summed E-state index contributed by atoms with van der Waals surface area (Å²) in [7, 11) is 5.16. The number of rotatable bonds is 8. The lowest BCUT2D eigenvalue weighted by atomic mass is 9.83. The van der Waals surface area contributed by atoms with Crippen molar-refractivity contribution in [2.45, 2.75) is 67.0 Å². The first-order valence-corrected chi connectivity index (χ1v) is 16.4. The largest absolute Gasteiger partial charge is 0.496 e. The van der Waals surface area contributed by atoms with Gasteiger partial charge in [-0.2, -0.15) is 5.26 Å². The third kappa shape index (κ3) is 6.87. The van der Waals surface area contributed by atoms with Crippen LogP contribution >= 0.6 is 0 Å². The summed E-state index contributed by atoms with van der Waals surface area (Å²) < 4.78 is 13.4. The molecule has 0 radical (unpaired) electrons. The second kappa shape index (κ2) is 13.4. The Balaban J connectivity index is 1.28. The molecule has 0 bridgehead atoms. The number of hydrogen-bond acceptors (Lipinski definition) is 6. The fourth-order valence-electron chi connectivity index (χ4n) is 7.17. The highest BCUT2D eigenvalue weighted by Crippen LogP contribution is 2.39. The molecule has 3 aromatic rings. The van der Waals surface area contributed by atoms with Crippen molar-refractivity contribution >= 4 is 5.91 Å². The predicted octanol–water partition coefficient (Wildman–Crippen LogP) is 6.30. The van der Waals surface area contributed by atoms with Gasteiger partial charge in [-0.05, 0) is 84.9 Å². The number of aromatic nitrogens is 1. The van der Waals surface area contributed by atoms with E-state index in [-0.39, 0.29) is 28.5 Å². The Kier molecular flexibility index (Phi) is 9.70. The molecule has 1 aromatic heterocycles. The number of likely N-dealkylation sites (tertiary alicyclic amines) is 1. The van der Waals surface area contributed by atoms with Gasteiger partial charge in [0, 0.05) is 50.6 Å². The average molecular weight is 637 g/mol. The summed E-state index contributed by atoms with van der Waals surface area (Å²) in [4.78, 5) is 30.1. The van der Waals surface area contributed by atoms with Crippen LogP contribution in [0.5, 0.6) is 11.5 Å². The van der Waals surface area contributed by atoms with Gasteiger partial charge in [0.1, 0.15) is 23.1 Å². The Morgan fingerprint density at radius 2 is 1.74 bits per heavy atom. The normalized spacial score (nSPS) is 17.1. The third-order valence-corrected chi connectivity index (χ3v) is 9.79. The van der Waals surface area contributed by atoms with Crippen molar-refractivity contribution in [1.82, 2.24) is 14.4 Å². The number of benzene rings is 2. The van der Waals surface area contributed by atoms with Crippen LogP contribution < -0.4 is 15.0 Å². The van der Waals surface area contributed by atoms with Crippen LogP contribution in [0.4, 0.5) is 0 Å². The van der Waals surface area contributed by atoms with Gasteiger partial charge in [-0.1, -0.05) is 45.0 Å². The lowest BCUT2D eigenvalue weighted by Gasteiger charge is -2.41. The molecule has 1 atom stereocenters. The van der Waals surface area contributed by atoms with Gasteiger partial charge in [-0.3, -0.25) is 14.5 Å². The van der Waals surface area contributed by atoms with E-state index in [1.54, 1.807) is 31.9 Å². The van der Waals surface area contributed by atoms with E-state index >= 15 is 0 Å². The van der Waals surface area contributed by atoms with E-state index in [9.17, 15) is 14.9 Å². The number of carbonyl (C=O) groups is 1. The molecule has 0 aliphatic carbocycles. The Morgan fingerprint density at radius 1 is 1.09 bits per heavy atom. The number of nitriles is 1. The summed E-state index contributed by atoms with van der Waals surface area (Å²) in [5, 5.41) is 9.72. The van der Waals surface area contributed by atoms with Crippen molar-refractivity contribution in [1.29, 1.82) is 5.26 Å². The van der Waals surface area contributed by atoms with Gasteiger partial charge in [-0.25, -0.2) is 0 Å². The maximum atomic E-state index is 13.4. The number of nitrogens with zero attached hydrogens (tertiary/aromatic N) is 4. The minimum atomic E-state index is -0.246. The Morgan fingerprint density at radius 3 is 2.34 bits per heavy atom. The molecule has 2 aromatic carbocycles. The summed E-state index contributed by atoms with van der Waals surface area (Å²) in [6, 6.07) is 12.6.